The maximum atomic E-state index is 6.23. The molecule has 0 aliphatic carbocycles. The van der Waals surface area contributed by atoms with E-state index in [0.717, 1.165) is 23.4 Å². The van der Waals surface area contributed by atoms with Crippen LogP contribution in [-0.4, -0.2) is 16.5 Å². The van der Waals surface area contributed by atoms with Crippen molar-refractivity contribution in [2.75, 3.05) is 12.0 Å². The summed E-state index contributed by atoms with van der Waals surface area (Å²) in [5.74, 6) is 0.394. The molecule has 1 heterocycles. The van der Waals surface area contributed by atoms with Crippen molar-refractivity contribution < 1.29 is 0 Å². The van der Waals surface area contributed by atoms with Gasteiger partial charge in [-0.3, -0.25) is 4.98 Å². The van der Waals surface area contributed by atoms with Crippen LogP contribution in [0.4, 0.5) is 5.69 Å². The van der Waals surface area contributed by atoms with Gasteiger partial charge in [0.15, 0.2) is 0 Å². The van der Waals surface area contributed by atoms with E-state index < -0.39 is 0 Å². The van der Waals surface area contributed by atoms with Crippen molar-refractivity contribution in [3.63, 3.8) is 0 Å². The van der Waals surface area contributed by atoms with Gasteiger partial charge in [-0.2, -0.15) is 11.8 Å². The van der Waals surface area contributed by atoms with Crippen molar-refractivity contribution in [1.29, 1.82) is 0 Å². The van der Waals surface area contributed by atoms with E-state index in [4.69, 9.17) is 17.2 Å². The van der Waals surface area contributed by atoms with Crippen LogP contribution in [-0.2, 0) is 0 Å². The summed E-state index contributed by atoms with van der Waals surface area (Å²) in [6.45, 7) is 6.39. The summed E-state index contributed by atoms with van der Waals surface area (Å²) in [5, 5.41) is 0.490. The average Bonchev–Trinajstić information content (AvgIpc) is 2.52. The number of nitrogens with zero attached hydrogens (tertiary/aromatic N) is 1. The molecule has 6 N–H and O–H groups in total. The Hall–Kier alpha value is -1.62. The summed E-state index contributed by atoms with van der Waals surface area (Å²) in [6, 6.07) is 1.90. The molecule has 4 nitrogen and oxygen atoms in total. The normalized spacial score (nSPS) is 17.1. The fraction of sp³-hybridized carbons (Fsp3) is 0.471. The van der Waals surface area contributed by atoms with Gasteiger partial charge in [0.25, 0.3) is 0 Å². The summed E-state index contributed by atoms with van der Waals surface area (Å²) in [4.78, 5) is 4.00. The Kier molecular flexibility index (Phi) is 7.32. The lowest BCUT2D eigenvalue weighted by Crippen LogP contribution is -2.20. The number of aromatic nitrogens is 1. The molecular formula is C17H28N4S. The van der Waals surface area contributed by atoms with Crippen molar-refractivity contribution in [2.45, 2.75) is 38.4 Å². The standard InChI is InChI=1S/C17H28N4S/c1-5-13(12(3)22-4)16(19)7-6-15(18)11(2)14-8-9-21-10-17(14)20/h6-13H,5,18-20H2,1-4H3/b15-6?,16-7+. The Labute approximate surface area is 138 Å². The minimum atomic E-state index is 0.0325. The number of nitrogens with two attached hydrogens (primary N) is 3. The smallest absolute Gasteiger partial charge is 0.0539 e. The van der Waals surface area contributed by atoms with E-state index in [9.17, 15) is 0 Å². The average molecular weight is 321 g/mol. The van der Waals surface area contributed by atoms with E-state index in [1.54, 1.807) is 12.4 Å². The molecule has 0 fully saturated rings. The number of anilines is 1. The molecule has 22 heavy (non-hydrogen) atoms. The van der Waals surface area contributed by atoms with Gasteiger partial charge in [0.05, 0.1) is 11.9 Å². The molecule has 0 bridgehead atoms. The summed E-state index contributed by atoms with van der Waals surface area (Å²) in [6.07, 6.45) is 10.3. The predicted molar refractivity (Wildman–Crippen MR) is 98.4 cm³/mol. The molecule has 3 atom stereocenters. The van der Waals surface area contributed by atoms with Gasteiger partial charge in [0, 0.05) is 34.7 Å². The second-order valence-electron chi connectivity index (χ2n) is 5.52. The van der Waals surface area contributed by atoms with Crippen molar-refractivity contribution in [1.82, 2.24) is 4.98 Å². The van der Waals surface area contributed by atoms with Crippen molar-refractivity contribution in [3.8, 4) is 0 Å². The first kappa shape index (κ1) is 18.4. The zero-order valence-corrected chi connectivity index (χ0v) is 14.7. The highest BCUT2D eigenvalue weighted by molar-refractivity contribution is 7.99. The van der Waals surface area contributed by atoms with Gasteiger partial charge < -0.3 is 17.2 Å². The van der Waals surface area contributed by atoms with Crippen molar-refractivity contribution >= 4 is 17.4 Å². The first-order chi connectivity index (χ1) is 10.4. The molecule has 0 saturated heterocycles. The molecule has 0 radical (unpaired) electrons. The molecule has 0 amide bonds. The predicted octanol–water partition coefficient (Wildman–Crippen LogP) is 3.23. The molecule has 0 spiro atoms. The molecule has 5 heteroatoms. The minimum Gasteiger partial charge on any atom is -0.402 e. The van der Waals surface area contributed by atoms with Crippen LogP contribution in [0, 0.1) is 5.92 Å². The Morgan fingerprint density at radius 2 is 1.91 bits per heavy atom. The Morgan fingerprint density at radius 3 is 2.45 bits per heavy atom. The molecule has 0 aliphatic heterocycles. The topological polar surface area (TPSA) is 91.0 Å². The van der Waals surface area contributed by atoms with E-state index in [0.29, 0.717) is 16.9 Å². The van der Waals surface area contributed by atoms with E-state index in [2.05, 4.69) is 25.1 Å². The first-order valence-corrected chi connectivity index (χ1v) is 8.86. The quantitative estimate of drug-likeness (QED) is 0.671. The van der Waals surface area contributed by atoms with Crippen molar-refractivity contribution in [3.05, 3.63) is 47.6 Å². The molecule has 122 valence electrons. The largest absolute Gasteiger partial charge is 0.402 e. The van der Waals surface area contributed by atoms with Crippen LogP contribution >= 0.6 is 11.8 Å². The zero-order valence-electron chi connectivity index (χ0n) is 13.9. The molecule has 1 aromatic rings. The maximum absolute atomic E-state index is 6.23. The van der Waals surface area contributed by atoms with Crippen LogP contribution in [0.2, 0.25) is 0 Å². The van der Waals surface area contributed by atoms with Crippen LogP contribution in [0.3, 0.4) is 0 Å². The lowest BCUT2D eigenvalue weighted by Gasteiger charge is -2.21. The van der Waals surface area contributed by atoms with Crippen LogP contribution in [0.1, 0.15) is 38.7 Å². The van der Waals surface area contributed by atoms with E-state index >= 15 is 0 Å². The summed E-state index contributed by atoms with van der Waals surface area (Å²) >= 11 is 1.83. The number of pyridine rings is 1. The Bertz CT molecular complexity index is 539. The van der Waals surface area contributed by atoms with Crippen LogP contribution in [0.15, 0.2) is 42.0 Å². The first-order valence-electron chi connectivity index (χ1n) is 7.57. The molecule has 1 rings (SSSR count). The second kappa shape index (κ2) is 8.73. The number of thioether (sulfide) groups is 1. The molecular weight excluding hydrogens is 292 g/mol. The molecule has 0 aliphatic rings. The maximum Gasteiger partial charge on any atom is 0.0539 e. The van der Waals surface area contributed by atoms with E-state index in [1.807, 2.05) is 36.9 Å². The van der Waals surface area contributed by atoms with Crippen molar-refractivity contribution in [2.24, 2.45) is 17.4 Å². The fourth-order valence-corrected chi connectivity index (χ4v) is 3.13. The van der Waals surface area contributed by atoms with Gasteiger partial charge in [-0.25, -0.2) is 0 Å². The van der Waals surface area contributed by atoms with Gasteiger partial charge >= 0.3 is 0 Å². The summed E-state index contributed by atoms with van der Waals surface area (Å²) in [5.41, 5.74) is 21.7. The third kappa shape index (κ3) is 4.70. The SMILES string of the molecule is CCC(/C(N)=C\C=C(N)C(C)c1ccncc1N)C(C)SC. The Balaban J connectivity index is 2.92. The van der Waals surface area contributed by atoms with E-state index in [1.165, 1.54) is 0 Å². The van der Waals surface area contributed by atoms with Gasteiger partial charge in [-0.15, -0.1) is 0 Å². The Morgan fingerprint density at radius 1 is 1.27 bits per heavy atom. The number of hydrogen-bond acceptors (Lipinski definition) is 5. The highest BCUT2D eigenvalue weighted by Crippen LogP contribution is 2.26. The summed E-state index contributed by atoms with van der Waals surface area (Å²) < 4.78 is 0. The zero-order chi connectivity index (χ0) is 16.7. The van der Waals surface area contributed by atoms with Crippen LogP contribution < -0.4 is 17.2 Å². The van der Waals surface area contributed by atoms with Crippen LogP contribution in [0.5, 0.6) is 0 Å². The van der Waals surface area contributed by atoms with Gasteiger partial charge in [0.2, 0.25) is 0 Å². The number of rotatable bonds is 7. The van der Waals surface area contributed by atoms with Crippen LogP contribution in [0.25, 0.3) is 0 Å². The van der Waals surface area contributed by atoms with Gasteiger partial charge in [-0.05, 0) is 36.5 Å². The lowest BCUT2D eigenvalue weighted by molar-refractivity contribution is 0.580. The number of hydrogen-bond donors (Lipinski definition) is 3. The molecule has 1 aromatic heterocycles. The van der Waals surface area contributed by atoms with Gasteiger partial charge in [0.1, 0.15) is 0 Å². The number of allylic oxidation sites excluding steroid dienone is 4. The minimum absolute atomic E-state index is 0.0325. The fourth-order valence-electron chi connectivity index (χ4n) is 2.45. The third-order valence-corrected chi connectivity index (χ3v) is 5.20. The monoisotopic (exact) mass is 320 g/mol. The van der Waals surface area contributed by atoms with E-state index in [-0.39, 0.29) is 5.92 Å². The highest BCUT2D eigenvalue weighted by atomic mass is 32.2. The molecule has 0 aromatic carbocycles. The molecule has 3 unspecified atom stereocenters. The highest BCUT2D eigenvalue weighted by Gasteiger charge is 2.17. The number of nitrogen functional groups attached to an aromatic ring is 1. The van der Waals surface area contributed by atoms with Gasteiger partial charge in [-0.1, -0.05) is 20.8 Å². The third-order valence-electron chi connectivity index (χ3n) is 4.13. The lowest BCUT2D eigenvalue weighted by atomic mass is 9.95. The molecule has 0 saturated carbocycles. The summed E-state index contributed by atoms with van der Waals surface area (Å²) in [7, 11) is 0. The second-order valence-corrected chi connectivity index (χ2v) is 6.73.